The van der Waals surface area contributed by atoms with Crippen LogP contribution in [-0.2, 0) is 4.74 Å². The molecule has 1 saturated carbocycles. The van der Waals surface area contributed by atoms with E-state index in [9.17, 15) is 8.78 Å². The molecule has 0 spiro atoms. The molecule has 2 unspecified atom stereocenters. The molecule has 24 heavy (non-hydrogen) atoms. The van der Waals surface area contributed by atoms with Crippen molar-refractivity contribution < 1.29 is 13.5 Å². The molecule has 1 fully saturated rings. The minimum Gasteiger partial charge on any atom is -0.498 e. The van der Waals surface area contributed by atoms with Crippen molar-refractivity contribution in [1.29, 1.82) is 0 Å². The molecule has 1 nitrogen and oxygen atoms in total. The van der Waals surface area contributed by atoms with E-state index in [-0.39, 0.29) is 11.7 Å². The lowest BCUT2D eigenvalue weighted by molar-refractivity contribution is 0.218. The van der Waals surface area contributed by atoms with Crippen LogP contribution in [0, 0.1) is 23.7 Å². The second-order valence-electron chi connectivity index (χ2n) is 7.65. The van der Waals surface area contributed by atoms with Crippen molar-refractivity contribution in [3.05, 3.63) is 35.6 Å². The van der Waals surface area contributed by atoms with Gasteiger partial charge in [-0.25, -0.2) is 8.78 Å². The van der Waals surface area contributed by atoms with Gasteiger partial charge >= 0.3 is 0 Å². The molecule has 0 aromatic rings. The van der Waals surface area contributed by atoms with Gasteiger partial charge in [-0.2, -0.15) is 0 Å². The fraction of sp³-hybridized carbons (Fsp3) is 0.714. The Bertz CT molecular complexity index is 498. The van der Waals surface area contributed by atoms with Crippen LogP contribution in [0.1, 0.15) is 65.2 Å². The lowest BCUT2D eigenvalue weighted by Crippen LogP contribution is -2.20. The molecular weight excluding hydrogens is 306 g/mol. The largest absolute Gasteiger partial charge is 0.498 e. The van der Waals surface area contributed by atoms with E-state index in [0.29, 0.717) is 30.3 Å². The lowest BCUT2D eigenvalue weighted by atomic mass is 9.74. The normalized spacial score (nSPS) is 27.9. The SMILES string of the molecule is C=CC1CCC(C(C)CCC(C)C2=C(F)C(F)=C(OC)CC2)CC1. The van der Waals surface area contributed by atoms with Crippen molar-refractivity contribution >= 4 is 0 Å². The smallest absolute Gasteiger partial charge is 0.196 e. The summed E-state index contributed by atoms with van der Waals surface area (Å²) >= 11 is 0. The Morgan fingerprint density at radius 1 is 1.08 bits per heavy atom. The van der Waals surface area contributed by atoms with Crippen molar-refractivity contribution in [2.24, 2.45) is 23.7 Å². The Balaban J connectivity index is 1.87. The quantitative estimate of drug-likeness (QED) is 0.460. The third-order valence-electron chi connectivity index (χ3n) is 6.19. The van der Waals surface area contributed by atoms with Crippen LogP contribution in [0.25, 0.3) is 0 Å². The highest BCUT2D eigenvalue weighted by molar-refractivity contribution is 5.33. The maximum absolute atomic E-state index is 14.2. The zero-order valence-corrected chi connectivity index (χ0v) is 15.4. The van der Waals surface area contributed by atoms with E-state index in [1.807, 2.05) is 6.92 Å². The van der Waals surface area contributed by atoms with Gasteiger partial charge in [-0.15, -0.1) is 6.58 Å². The maximum atomic E-state index is 14.2. The molecule has 0 saturated heterocycles. The van der Waals surface area contributed by atoms with E-state index >= 15 is 0 Å². The molecule has 3 heteroatoms. The fourth-order valence-corrected chi connectivity index (χ4v) is 4.26. The third kappa shape index (κ3) is 4.49. The molecule has 0 radical (unpaired) electrons. The van der Waals surface area contributed by atoms with E-state index in [2.05, 4.69) is 19.6 Å². The molecule has 0 N–H and O–H groups in total. The standard InChI is InChI=1S/C21H32F2O/c1-5-16-8-10-17(11-9-16)14(2)6-7-15(3)18-12-13-19(24-4)21(23)20(18)22/h5,14-17H,1,6-13H2,2-4H3. The molecule has 0 amide bonds. The van der Waals surface area contributed by atoms with Gasteiger partial charge in [0.1, 0.15) is 5.76 Å². The van der Waals surface area contributed by atoms with Gasteiger partial charge in [0.2, 0.25) is 0 Å². The summed E-state index contributed by atoms with van der Waals surface area (Å²) in [4.78, 5) is 0. The minimum absolute atomic E-state index is 0.0983. The van der Waals surface area contributed by atoms with Gasteiger partial charge in [0.25, 0.3) is 0 Å². The Hall–Kier alpha value is -1.12. The monoisotopic (exact) mass is 338 g/mol. The average Bonchev–Trinajstić information content (AvgIpc) is 2.61. The second-order valence-corrected chi connectivity index (χ2v) is 7.65. The van der Waals surface area contributed by atoms with Gasteiger partial charge in [0.05, 0.1) is 7.11 Å². The predicted molar refractivity (Wildman–Crippen MR) is 95.7 cm³/mol. The molecule has 0 heterocycles. The van der Waals surface area contributed by atoms with E-state index in [1.165, 1.54) is 32.8 Å². The highest BCUT2D eigenvalue weighted by Crippen LogP contribution is 2.40. The maximum Gasteiger partial charge on any atom is 0.196 e. The summed E-state index contributed by atoms with van der Waals surface area (Å²) in [5.41, 5.74) is 0.635. The Labute approximate surface area is 145 Å². The minimum atomic E-state index is -0.790. The first-order chi connectivity index (χ1) is 11.5. The molecule has 2 rings (SSSR count). The lowest BCUT2D eigenvalue weighted by Gasteiger charge is -2.32. The van der Waals surface area contributed by atoms with E-state index in [0.717, 1.165) is 18.8 Å². The first-order valence-corrected chi connectivity index (χ1v) is 9.42. The van der Waals surface area contributed by atoms with E-state index in [1.54, 1.807) is 0 Å². The molecule has 0 bridgehead atoms. The Kier molecular flexibility index (Phi) is 7.06. The molecule has 0 aliphatic heterocycles. The van der Waals surface area contributed by atoms with Gasteiger partial charge in [0.15, 0.2) is 11.7 Å². The molecule has 2 aliphatic rings. The molecular formula is C21H32F2O. The van der Waals surface area contributed by atoms with Gasteiger partial charge in [-0.3, -0.25) is 0 Å². The first kappa shape index (κ1) is 19.2. The van der Waals surface area contributed by atoms with Gasteiger partial charge < -0.3 is 4.74 Å². The number of hydrogen-bond acceptors (Lipinski definition) is 1. The van der Waals surface area contributed by atoms with Crippen molar-refractivity contribution in [1.82, 2.24) is 0 Å². The Morgan fingerprint density at radius 2 is 1.75 bits per heavy atom. The first-order valence-electron chi connectivity index (χ1n) is 9.42. The predicted octanol–water partition coefficient (Wildman–Crippen LogP) is 6.88. The van der Waals surface area contributed by atoms with Gasteiger partial charge in [-0.1, -0.05) is 19.9 Å². The van der Waals surface area contributed by atoms with Gasteiger partial charge in [0, 0.05) is 6.42 Å². The molecule has 136 valence electrons. The van der Waals surface area contributed by atoms with Crippen LogP contribution < -0.4 is 0 Å². The second kappa shape index (κ2) is 8.82. The van der Waals surface area contributed by atoms with Crippen molar-refractivity contribution in [3.63, 3.8) is 0 Å². The summed E-state index contributed by atoms with van der Waals surface area (Å²) in [6, 6.07) is 0. The van der Waals surface area contributed by atoms with Gasteiger partial charge in [-0.05, 0) is 74.2 Å². The van der Waals surface area contributed by atoms with Crippen molar-refractivity contribution in [2.45, 2.75) is 65.2 Å². The number of ether oxygens (including phenoxy) is 1. The summed E-state index contributed by atoms with van der Waals surface area (Å²) in [6.07, 6.45) is 10.2. The number of halogens is 2. The van der Waals surface area contributed by atoms with Crippen LogP contribution in [0.15, 0.2) is 35.6 Å². The molecule has 0 aromatic heterocycles. The number of allylic oxidation sites excluding steroid dienone is 5. The third-order valence-corrected chi connectivity index (χ3v) is 6.19. The van der Waals surface area contributed by atoms with Crippen LogP contribution in [-0.4, -0.2) is 7.11 Å². The van der Waals surface area contributed by atoms with E-state index in [4.69, 9.17) is 4.74 Å². The van der Waals surface area contributed by atoms with Crippen LogP contribution in [0.4, 0.5) is 8.78 Å². The zero-order chi connectivity index (χ0) is 17.7. The number of methoxy groups -OCH3 is 1. The highest BCUT2D eigenvalue weighted by Gasteiger charge is 2.28. The summed E-state index contributed by atoms with van der Waals surface area (Å²) in [7, 11) is 1.40. The van der Waals surface area contributed by atoms with Crippen molar-refractivity contribution in [2.75, 3.05) is 7.11 Å². The summed E-state index contributed by atoms with van der Waals surface area (Å²) in [5.74, 6) is 0.900. The number of rotatable bonds is 7. The Morgan fingerprint density at radius 3 is 2.33 bits per heavy atom. The van der Waals surface area contributed by atoms with Crippen LogP contribution >= 0.6 is 0 Å². The number of hydrogen-bond donors (Lipinski definition) is 0. The average molecular weight is 338 g/mol. The molecule has 2 aliphatic carbocycles. The summed E-state index contributed by atoms with van der Waals surface area (Å²) in [5, 5.41) is 0. The van der Waals surface area contributed by atoms with Crippen LogP contribution in [0.5, 0.6) is 0 Å². The zero-order valence-electron chi connectivity index (χ0n) is 15.4. The van der Waals surface area contributed by atoms with Crippen LogP contribution in [0.3, 0.4) is 0 Å². The fourth-order valence-electron chi connectivity index (χ4n) is 4.26. The topological polar surface area (TPSA) is 9.23 Å². The summed E-state index contributed by atoms with van der Waals surface area (Å²) in [6.45, 7) is 8.26. The summed E-state index contributed by atoms with van der Waals surface area (Å²) < 4.78 is 33.1. The molecule has 2 atom stereocenters. The van der Waals surface area contributed by atoms with Crippen molar-refractivity contribution in [3.8, 4) is 0 Å². The highest BCUT2D eigenvalue weighted by atomic mass is 19.2. The van der Waals surface area contributed by atoms with E-state index < -0.39 is 11.7 Å². The van der Waals surface area contributed by atoms with Crippen LogP contribution in [0.2, 0.25) is 0 Å². The molecule has 0 aromatic carbocycles.